The number of hydrogen-bond acceptors (Lipinski definition) is 8. The van der Waals surface area contributed by atoms with Gasteiger partial charge in [0.15, 0.2) is 5.82 Å². The number of halogens is 1. The Balaban J connectivity index is 1.33. The van der Waals surface area contributed by atoms with E-state index in [1.54, 1.807) is 19.5 Å². The number of nitrogens with one attached hydrogen (secondary N) is 2. The van der Waals surface area contributed by atoms with Crippen molar-refractivity contribution in [1.29, 1.82) is 0 Å². The van der Waals surface area contributed by atoms with Crippen LogP contribution >= 0.6 is 18.7 Å². The second-order valence-electron chi connectivity index (χ2n) is 10.1. The van der Waals surface area contributed by atoms with Crippen molar-refractivity contribution in [2.45, 2.75) is 12.5 Å². The van der Waals surface area contributed by atoms with Gasteiger partial charge in [0.2, 0.25) is 5.95 Å². The fraction of sp³-hybridized carbons (Fsp3) is 0.296. The summed E-state index contributed by atoms with van der Waals surface area (Å²) in [5.41, 5.74) is 3.56. The average molecular weight is 551 g/mol. The quantitative estimate of drug-likeness (QED) is 0.290. The highest BCUT2D eigenvalue weighted by Gasteiger charge is 2.25. The zero-order valence-electron chi connectivity index (χ0n) is 22.0. The lowest BCUT2D eigenvalue weighted by molar-refractivity contribution is 0.315. The van der Waals surface area contributed by atoms with Gasteiger partial charge in [-0.15, -0.1) is 0 Å². The normalized spacial score (nSPS) is 15.7. The summed E-state index contributed by atoms with van der Waals surface area (Å²) in [6.45, 7) is 5.51. The highest BCUT2D eigenvalue weighted by Crippen LogP contribution is 2.38. The van der Waals surface area contributed by atoms with E-state index in [2.05, 4.69) is 55.8 Å². The van der Waals surface area contributed by atoms with Crippen LogP contribution in [0, 0.1) is 0 Å². The molecule has 0 unspecified atom stereocenters. The molecule has 5 rings (SSSR count). The Morgan fingerprint density at radius 1 is 1.05 bits per heavy atom. The number of rotatable bonds is 8. The van der Waals surface area contributed by atoms with E-state index in [9.17, 15) is 4.57 Å². The molecule has 0 saturated carbocycles. The first kappa shape index (κ1) is 26.2. The molecule has 38 heavy (non-hydrogen) atoms. The minimum Gasteiger partial charge on any atom is -0.367 e. The Bertz CT molecular complexity index is 1480. The molecule has 1 atom stereocenters. The molecule has 0 amide bonds. The summed E-state index contributed by atoms with van der Waals surface area (Å²) in [6.07, 6.45) is 6.68. The second-order valence-corrected chi connectivity index (χ2v) is 13.6. The van der Waals surface area contributed by atoms with Gasteiger partial charge < -0.3 is 25.0 Å². The fourth-order valence-corrected chi connectivity index (χ4v) is 5.86. The highest BCUT2D eigenvalue weighted by atomic mass is 35.5. The highest BCUT2D eigenvalue weighted by molar-refractivity contribution is 7.70. The number of likely N-dealkylation sites (N-methyl/N-ethyl adjacent to an activating group) is 1. The molecule has 2 aromatic carbocycles. The van der Waals surface area contributed by atoms with Crippen LogP contribution in [0.25, 0.3) is 5.69 Å². The SMILES string of the molecule is CN(C)[C@@H]1CCN(c2cnn(-c3cccc(Nc4ncc(Cl)c(Nc5ccccc5P(C)(C)=O)n4)c3)c2)C1. The van der Waals surface area contributed by atoms with E-state index in [1.165, 1.54) is 0 Å². The van der Waals surface area contributed by atoms with E-state index >= 15 is 0 Å². The molecule has 2 N–H and O–H groups in total. The van der Waals surface area contributed by atoms with Crippen molar-refractivity contribution in [2.24, 2.45) is 0 Å². The molecule has 0 aliphatic carbocycles. The number of para-hydroxylation sites is 1. The molecule has 4 aromatic rings. The van der Waals surface area contributed by atoms with Crippen molar-refractivity contribution in [1.82, 2.24) is 24.6 Å². The van der Waals surface area contributed by atoms with Gasteiger partial charge in [-0.05, 0) is 64.2 Å². The molecule has 11 heteroatoms. The molecular weight excluding hydrogens is 519 g/mol. The molecule has 0 bridgehead atoms. The first-order valence-corrected chi connectivity index (χ1v) is 15.4. The molecular formula is C27H32ClN8OP. The molecule has 0 spiro atoms. The maximum absolute atomic E-state index is 12.8. The van der Waals surface area contributed by atoms with Gasteiger partial charge >= 0.3 is 0 Å². The summed E-state index contributed by atoms with van der Waals surface area (Å²) >= 11 is 6.40. The van der Waals surface area contributed by atoms with Crippen LogP contribution in [-0.4, -0.2) is 71.2 Å². The maximum Gasteiger partial charge on any atom is 0.229 e. The van der Waals surface area contributed by atoms with E-state index in [4.69, 9.17) is 11.6 Å². The van der Waals surface area contributed by atoms with Gasteiger partial charge in [-0.3, -0.25) is 0 Å². The summed E-state index contributed by atoms with van der Waals surface area (Å²) in [7, 11) is 1.76. The number of aromatic nitrogens is 4. The largest absolute Gasteiger partial charge is 0.367 e. The molecule has 1 aliphatic rings. The predicted octanol–water partition coefficient (Wildman–Crippen LogP) is 5.19. The molecule has 0 radical (unpaired) electrons. The lowest BCUT2D eigenvalue weighted by Gasteiger charge is -2.20. The predicted molar refractivity (Wildman–Crippen MR) is 157 cm³/mol. The molecule has 3 heterocycles. The average Bonchev–Trinajstić information content (AvgIpc) is 3.56. The van der Waals surface area contributed by atoms with Gasteiger partial charge in [0.1, 0.15) is 12.2 Å². The van der Waals surface area contributed by atoms with Crippen LogP contribution < -0.4 is 20.8 Å². The molecule has 1 aliphatic heterocycles. The van der Waals surface area contributed by atoms with Crippen LogP contribution in [0.1, 0.15) is 6.42 Å². The van der Waals surface area contributed by atoms with Crippen LogP contribution in [0.15, 0.2) is 67.1 Å². The minimum absolute atomic E-state index is 0.364. The third kappa shape index (κ3) is 5.85. The summed E-state index contributed by atoms with van der Waals surface area (Å²) in [5, 5.41) is 12.2. The number of benzene rings is 2. The van der Waals surface area contributed by atoms with Gasteiger partial charge in [0.25, 0.3) is 0 Å². The lowest BCUT2D eigenvalue weighted by Crippen LogP contribution is -2.31. The Morgan fingerprint density at radius 3 is 2.63 bits per heavy atom. The van der Waals surface area contributed by atoms with Crippen molar-refractivity contribution in [2.75, 3.05) is 56.0 Å². The third-order valence-electron chi connectivity index (χ3n) is 6.68. The van der Waals surface area contributed by atoms with E-state index in [-0.39, 0.29) is 0 Å². The van der Waals surface area contributed by atoms with Crippen molar-refractivity contribution < 1.29 is 4.57 Å². The van der Waals surface area contributed by atoms with Crippen LogP contribution in [-0.2, 0) is 4.57 Å². The maximum atomic E-state index is 12.8. The topological polar surface area (TPSA) is 91.2 Å². The van der Waals surface area contributed by atoms with Crippen LogP contribution in [0.5, 0.6) is 0 Å². The molecule has 1 saturated heterocycles. The smallest absolute Gasteiger partial charge is 0.229 e. The molecule has 2 aromatic heterocycles. The van der Waals surface area contributed by atoms with Crippen LogP contribution in [0.2, 0.25) is 5.02 Å². The van der Waals surface area contributed by atoms with Crippen LogP contribution in [0.4, 0.5) is 28.8 Å². The molecule has 1 fully saturated rings. The van der Waals surface area contributed by atoms with E-state index in [0.717, 1.165) is 41.9 Å². The number of nitrogens with zero attached hydrogens (tertiary/aromatic N) is 6. The third-order valence-corrected chi connectivity index (χ3v) is 8.50. The monoisotopic (exact) mass is 550 g/mol. The van der Waals surface area contributed by atoms with Crippen LogP contribution in [0.3, 0.4) is 0 Å². The van der Waals surface area contributed by atoms with Gasteiger partial charge in [-0.2, -0.15) is 10.1 Å². The van der Waals surface area contributed by atoms with E-state index in [1.807, 2.05) is 59.4 Å². The Morgan fingerprint density at radius 2 is 1.87 bits per heavy atom. The van der Waals surface area contributed by atoms with Gasteiger partial charge in [-0.25, -0.2) is 9.67 Å². The second kappa shape index (κ2) is 10.8. The summed E-state index contributed by atoms with van der Waals surface area (Å²) in [6, 6.07) is 15.9. The van der Waals surface area contributed by atoms with Gasteiger partial charge in [0, 0.05) is 30.1 Å². The Labute approximate surface area is 228 Å². The fourth-order valence-electron chi connectivity index (χ4n) is 4.56. The Hall–Kier alpha value is -3.39. The summed E-state index contributed by atoms with van der Waals surface area (Å²) in [4.78, 5) is 13.6. The number of anilines is 5. The first-order valence-electron chi connectivity index (χ1n) is 12.4. The van der Waals surface area contributed by atoms with Crippen molar-refractivity contribution in [3.8, 4) is 5.69 Å². The lowest BCUT2D eigenvalue weighted by atomic mass is 10.2. The van der Waals surface area contributed by atoms with Crippen molar-refractivity contribution in [3.63, 3.8) is 0 Å². The number of hydrogen-bond donors (Lipinski definition) is 2. The molecule has 198 valence electrons. The molecule has 9 nitrogen and oxygen atoms in total. The van der Waals surface area contributed by atoms with E-state index < -0.39 is 7.14 Å². The van der Waals surface area contributed by atoms with Gasteiger partial charge in [0.05, 0.1) is 35.7 Å². The van der Waals surface area contributed by atoms with Crippen molar-refractivity contribution >= 4 is 52.9 Å². The standard InChI is InChI=1S/C27H32ClN8OP/c1-34(2)21-12-13-35(17-21)22-15-30-36(18-22)20-9-7-8-19(14-20)31-27-29-16-23(28)26(33-27)32-24-10-5-6-11-25(24)38(3,4)37/h5-11,14-16,18,21H,12-13,17H2,1-4H3,(H2,29,31,32,33)/t21-/m1/s1. The zero-order valence-corrected chi connectivity index (χ0v) is 23.6. The van der Waals surface area contributed by atoms with Gasteiger partial charge in [-0.1, -0.05) is 29.8 Å². The minimum atomic E-state index is -2.50. The van der Waals surface area contributed by atoms with E-state index in [0.29, 0.717) is 28.5 Å². The van der Waals surface area contributed by atoms with Crippen molar-refractivity contribution in [3.05, 3.63) is 72.1 Å². The summed E-state index contributed by atoms with van der Waals surface area (Å²) in [5.74, 6) is 0.815. The zero-order chi connectivity index (χ0) is 26.9. The first-order chi connectivity index (χ1) is 18.2. The summed E-state index contributed by atoms with van der Waals surface area (Å²) < 4.78 is 14.6. The Kier molecular flexibility index (Phi) is 7.43.